The molecular formula is C87H112N8O24. The number of benzene rings is 4. The summed E-state index contributed by atoms with van der Waals surface area (Å²) in [5, 5.41) is 64.7. The Hall–Kier alpha value is -11.6. The van der Waals surface area contributed by atoms with Gasteiger partial charge in [0, 0.05) is 86.4 Å². The van der Waals surface area contributed by atoms with Gasteiger partial charge in [0.1, 0.15) is 42.5 Å². The number of nitrogens with one attached hydrogen (secondary N) is 8. The van der Waals surface area contributed by atoms with Crippen molar-refractivity contribution < 1.29 is 116 Å². The Morgan fingerprint density at radius 1 is 0.605 bits per heavy atom. The number of hydrogen-bond donors (Lipinski definition) is 12. The van der Waals surface area contributed by atoms with E-state index in [4.69, 9.17) is 38.6 Å². The van der Waals surface area contributed by atoms with Gasteiger partial charge < -0.3 is 91.4 Å². The van der Waals surface area contributed by atoms with Crippen LogP contribution in [0.25, 0.3) is 0 Å². The highest BCUT2D eigenvalue weighted by molar-refractivity contribution is 5.99. The summed E-state index contributed by atoms with van der Waals surface area (Å²) in [6.07, 6.45) is -12.8. The maximum absolute atomic E-state index is 16.0. The van der Waals surface area contributed by atoms with Crippen molar-refractivity contribution in [1.29, 1.82) is 0 Å². The molecule has 32 nitrogen and oxygen atoms in total. The molecule has 32 heteroatoms. The number of aliphatic hydroxyl groups excluding tert-OH is 3. The molecule has 4 aromatic rings. The van der Waals surface area contributed by atoms with Gasteiger partial charge in [-0.25, -0.2) is 9.59 Å². The van der Waals surface area contributed by atoms with Crippen molar-refractivity contribution in [1.82, 2.24) is 42.5 Å². The molecular weight excluding hydrogens is 1540 g/mol. The fraction of sp³-hybridized carbons (Fsp3) is 0.471. The Kier molecular flexibility index (Phi) is 35.0. The number of carbonyl (C=O) groups excluding carboxylic acids is 14. The van der Waals surface area contributed by atoms with Crippen LogP contribution in [0.5, 0.6) is 0 Å². The summed E-state index contributed by atoms with van der Waals surface area (Å²) in [4.78, 5) is 188. The van der Waals surface area contributed by atoms with Gasteiger partial charge in [-0.3, -0.25) is 57.5 Å². The first-order valence-electron chi connectivity index (χ1n) is 38.9. The minimum atomic E-state index is -2.57. The normalized spacial score (nSPS) is 22.5. The molecule has 4 aliphatic rings. The summed E-state index contributed by atoms with van der Waals surface area (Å²) in [7, 11) is 0. The van der Waals surface area contributed by atoms with Gasteiger partial charge in [0.25, 0.3) is 5.91 Å². The Morgan fingerprint density at radius 3 is 1.64 bits per heavy atom. The standard InChI is InChI=1S/C71H83N5O19.C9H16N2O3.C7H13NO2/c1-39(2)31-48(74-65(86)49(32-44-23-15-11-16-24-44)75-54(81)36-73-63(84)40(3)4)33-53(80)72-37-55(82)93-59(57(45-25-17-12-18-26-45)76-64(85)46-27-19-13-20-28-46)67(88)92-50-35-71(89)62(94-66(87)47-29-21-14-22-30-47)60-69(10,51(79)34-52-70(60,38-90-52)95-43(7)78)61(83)58(91-42(6)77)56(41(50)5)68(71,8)9;1-6(2)9(14)11-5-8(13)10-4-7(3)12;1-5(2)7(10)8-4-6(3)9/h11-30,39,48-52,57-60,62,79,89H,3,31-38H2,1-2,4-10H3,(H,72,80)(H,73,84)(H,74,86)(H,75,81)(H,76,85);7,12H,1,4-5H2,2-3H3,(H,10,13)(H,11,14);6,9H,1,4H2,2-3H3,(H,8,10)/t48-,49-,50-,51-,52+,57-,58+,59+,60-,62-,69+,70-,71+;;/m0../s1. The lowest BCUT2D eigenvalue weighted by atomic mass is 9.44. The molecule has 3 aliphatic carbocycles. The van der Waals surface area contributed by atoms with Crippen molar-refractivity contribution in [2.45, 2.75) is 200 Å². The number of Topliss-reactive ketones (excluding diaryl/α,β-unsaturated/α-hetero) is 1. The van der Waals surface area contributed by atoms with E-state index < -0.39 is 193 Å². The first kappa shape index (κ1) is 96.3. The zero-order valence-corrected chi connectivity index (χ0v) is 69.4. The van der Waals surface area contributed by atoms with Gasteiger partial charge in [0.15, 0.2) is 17.5 Å². The van der Waals surface area contributed by atoms with E-state index in [2.05, 4.69) is 62.3 Å². The zero-order valence-electron chi connectivity index (χ0n) is 69.4. The number of carbonyl (C=O) groups is 14. The van der Waals surface area contributed by atoms with E-state index in [9.17, 15) is 67.7 Å². The van der Waals surface area contributed by atoms with Crippen molar-refractivity contribution in [3.05, 3.63) is 191 Å². The highest BCUT2D eigenvalue weighted by Crippen LogP contribution is 2.64. The fourth-order valence-electron chi connectivity index (χ4n) is 14.6. The van der Waals surface area contributed by atoms with Crippen LogP contribution in [-0.4, -0.2) is 215 Å². The second-order valence-corrected chi connectivity index (χ2v) is 31.4. The molecule has 8 amide bonds. The number of hydrogen-bond acceptors (Lipinski definition) is 24. The van der Waals surface area contributed by atoms with Crippen LogP contribution in [0.15, 0.2) is 169 Å². The zero-order chi connectivity index (χ0) is 88.6. The number of ether oxygens (including phenoxy) is 6. The van der Waals surface area contributed by atoms with Crippen molar-refractivity contribution in [3.8, 4) is 0 Å². The van der Waals surface area contributed by atoms with Gasteiger partial charge in [0.05, 0.1) is 54.9 Å². The first-order chi connectivity index (χ1) is 55.9. The molecule has 644 valence electrons. The van der Waals surface area contributed by atoms with Gasteiger partial charge in [0.2, 0.25) is 47.5 Å². The molecule has 0 aromatic heterocycles. The third-order valence-electron chi connectivity index (χ3n) is 20.7. The molecule has 119 heavy (non-hydrogen) atoms. The maximum atomic E-state index is 16.0. The summed E-state index contributed by atoms with van der Waals surface area (Å²) >= 11 is 0. The summed E-state index contributed by atoms with van der Waals surface area (Å²) in [6, 6.07) is 28.6. The SMILES string of the molecule is C=C(C)C(=O)NCC(=O)NCC(C)O.C=C(C)C(=O)NCC(=O)N[C@@H](Cc1ccccc1)C(=O)N[C@H](CC(=O)NCC(=O)O[C@@H](C(=O)O[C@H]1C[C@@]2(O)[C@@H](OC(=O)c3ccccc3)[C@@H]3[C@]4(OC(C)=O)CO[C@@H]4C[C@H](O)[C@@]3(C)C(=O)[C@H](OC(C)=O)C(=C1C)C2(C)C)[C@@H](NC(=O)c1ccccc1)c1ccccc1)CC(C)C.C=C(C)C(=O)NCC(C)O. The van der Waals surface area contributed by atoms with E-state index in [0.717, 1.165) is 13.8 Å². The average molecular weight is 1650 g/mol. The van der Waals surface area contributed by atoms with Crippen LogP contribution < -0.4 is 42.5 Å². The quantitative estimate of drug-likeness (QED) is 0.0139. The molecule has 3 fully saturated rings. The molecule has 1 heterocycles. The Bertz CT molecular complexity index is 4400. The number of fused-ring (bicyclic) bond motifs is 5. The highest BCUT2D eigenvalue weighted by Gasteiger charge is 2.78. The van der Waals surface area contributed by atoms with E-state index >= 15 is 9.59 Å². The summed E-state index contributed by atoms with van der Waals surface area (Å²) in [5.41, 5.74) is -6.54. The van der Waals surface area contributed by atoms with Gasteiger partial charge >= 0.3 is 29.8 Å². The molecule has 1 saturated heterocycles. The lowest BCUT2D eigenvalue weighted by molar-refractivity contribution is -0.346. The predicted octanol–water partition coefficient (Wildman–Crippen LogP) is 3.98. The molecule has 2 saturated carbocycles. The van der Waals surface area contributed by atoms with Crippen molar-refractivity contribution >= 4 is 82.9 Å². The topological polar surface area (TPSA) is 472 Å². The largest absolute Gasteiger partial charge is 0.455 e. The molecule has 12 N–H and O–H groups in total. The number of esters is 5. The highest BCUT2D eigenvalue weighted by atomic mass is 16.6. The van der Waals surface area contributed by atoms with Crippen LogP contribution in [-0.2, 0) is 92.4 Å². The van der Waals surface area contributed by atoms with Crippen LogP contribution in [0.2, 0.25) is 0 Å². The van der Waals surface area contributed by atoms with Crippen LogP contribution in [0.1, 0.15) is 154 Å². The molecule has 8 rings (SSSR count). The Morgan fingerprint density at radius 2 is 1.13 bits per heavy atom. The molecule has 2 bridgehead atoms. The van der Waals surface area contributed by atoms with Gasteiger partial charge in [-0.2, -0.15) is 0 Å². The minimum absolute atomic E-state index is 0.00541. The van der Waals surface area contributed by atoms with Crippen molar-refractivity contribution in [2.24, 2.45) is 22.7 Å². The maximum Gasteiger partial charge on any atom is 0.350 e. The van der Waals surface area contributed by atoms with Crippen LogP contribution in [0.4, 0.5) is 0 Å². The number of amides is 8. The third-order valence-corrected chi connectivity index (χ3v) is 20.7. The summed E-state index contributed by atoms with van der Waals surface area (Å²) < 4.78 is 37.1. The molecule has 1 aliphatic heterocycles. The van der Waals surface area contributed by atoms with Crippen molar-refractivity contribution in [2.75, 3.05) is 39.3 Å². The number of aliphatic hydroxyl groups is 4. The third kappa shape index (κ3) is 25.7. The van der Waals surface area contributed by atoms with E-state index in [0.29, 0.717) is 16.7 Å². The second kappa shape index (κ2) is 43.2. The van der Waals surface area contributed by atoms with Crippen molar-refractivity contribution in [3.63, 3.8) is 0 Å². The Labute approximate surface area is 691 Å². The average Bonchev–Trinajstić information content (AvgIpc) is 0.667. The molecule has 4 aromatic carbocycles. The smallest absolute Gasteiger partial charge is 0.350 e. The van der Waals surface area contributed by atoms with Crippen LogP contribution in [0.3, 0.4) is 0 Å². The number of ketones is 1. The van der Waals surface area contributed by atoms with Gasteiger partial charge in [-0.05, 0) is 107 Å². The first-order valence-corrected chi connectivity index (χ1v) is 38.9. The van der Waals surface area contributed by atoms with Crippen LogP contribution >= 0.6 is 0 Å². The monoisotopic (exact) mass is 1650 g/mol. The van der Waals surface area contributed by atoms with E-state index in [1.807, 2.05) is 13.8 Å². The Balaban J connectivity index is 0.000000789. The predicted molar refractivity (Wildman–Crippen MR) is 432 cm³/mol. The number of rotatable bonds is 33. The van der Waals surface area contributed by atoms with Gasteiger partial charge in [-0.1, -0.05) is 144 Å². The lowest BCUT2D eigenvalue weighted by Crippen LogP contribution is -2.82. The summed E-state index contributed by atoms with van der Waals surface area (Å²) in [5.74, 6) is -12.4. The fourth-order valence-corrected chi connectivity index (χ4v) is 14.6. The minimum Gasteiger partial charge on any atom is -0.455 e. The molecule has 0 radical (unpaired) electrons. The van der Waals surface area contributed by atoms with E-state index in [1.165, 1.54) is 71.0 Å². The van der Waals surface area contributed by atoms with Crippen LogP contribution in [0, 0.1) is 22.7 Å². The molecule has 0 spiro atoms. The van der Waals surface area contributed by atoms with E-state index in [1.54, 1.807) is 113 Å². The second-order valence-electron chi connectivity index (χ2n) is 31.4. The lowest BCUT2D eigenvalue weighted by Gasteiger charge is -2.67. The van der Waals surface area contributed by atoms with Gasteiger partial charge in [-0.15, -0.1) is 0 Å². The molecule has 15 atom stereocenters. The molecule has 2 unspecified atom stereocenters. The van der Waals surface area contributed by atoms with E-state index in [-0.39, 0.29) is 95.9 Å². The summed E-state index contributed by atoms with van der Waals surface area (Å²) in [6.45, 7) is 28.6.